The van der Waals surface area contributed by atoms with Crippen molar-refractivity contribution in [1.29, 1.82) is 0 Å². The van der Waals surface area contributed by atoms with E-state index < -0.39 is 6.17 Å². The van der Waals surface area contributed by atoms with E-state index in [4.69, 9.17) is 37.7 Å². The molecular formula is C27H18Cl2N4O2S. The Hall–Kier alpha value is -3.52. The maximum atomic E-state index is 13.3. The summed E-state index contributed by atoms with van der Waals surface area (Å²) in [5.41, 5.74) is 2.28. The molecule has 4 aromatic rings. The Morgan fingerprint density at radius 3 is 2.56 bits per heavy atom. The molecule has 6 rings (SSSR count). The Balaban J connectivity index is 1.39. The highest BCUT2D eigenvalue weighted by atomic mass is 35.5. The molecule has 2 aliphatic heterocycles. The molecule has 178 valence electrons. The Kier molecular flexibility index (Phi) is 6.05. The number of hydrogen-bond acceptors (Lipinski definition) is 6. The van der Waals surface area contributed by atoms with Crippen molar-refractivity contribution in [2.75, 3.05) is 0 Å². The second kappa shape index (κ2) is 9.50. The fraction of sp³-hybridized carbons (Fsp3) is 0.0741. The van der Waals surface area contributed by atoms with Gasteiger partial charge in [-0.3, -0.25) is 10.1 Å². The minimum absolute atomic E-state index is 0.247. The highest BCUT2D eigenvalue weighted by Gasteiger charge is 2.36. The molecule has 6 nitrogen and oxygen atoms in total. The molecule has 9 heteroatoms. The molecule has 36 heavy (non-hydrogen) atoms. The van der Waals surface area contributed by atoms with Crippen LogP contribution in [-0.2, 0) is 10.5 Å². The zero-order chi connectivity index (χ0) is 24.6. The van der Waals surface area contributed by atoms with Gasteiger partial charge in [0.15, 0.2) is 10.9 Å². The Labute approximate surface area is 220 Å². The number of hydrogen-bond donors (Lipinski definition) is 1. The maximum absolute atomic E-state index is 13.3. The number of furan rings is 1. The second-order valence-electron chi connectivity index (χ2n) is 8.16. The molecule has 0 saturated carbocycles. The van der Waals surface area contributed by atoms with Gasteiger partial charge < -0.3 is 4.42 Å². The van der Waals surface area contributed by atoms with Crippen LogP contribution >= 0.6 is 35.0 Å². The summed E-state index contributed by atoms with van der Waals surface area (Å²) in [6, 6.07) is 26.3. The molecule has 2 aliphatic rings. The van der Waals surface area contributed by atoms with Gasteiger partial charge in [-0.2, -0.15) is 0 Å². The smallest absolute Gasteiger partial charge is 0.276 e. The molecule has 3 aromatic carbocycles. The lowest BCUT2D eigenvalue weighted by atomic mass is 10.1. The van der Waals surface area contributed by atoms with Crippen molar-refractivity contribution in [1.82, 2.24) is 10.3 Å². The molecule has 3 heterocycles. The first-order valence-electron chi connectivity index (χ1n) is 11.1. The van der Waals surface area contributed by atoms with Crippen molar-refractivity contribution in [3.05, 3.63) is 117 Å². The van der Waals surface area contributed by atoms with Crippen LogP contribution in [0.5, 0.6) is 0 Å². The molecule has 0 unspecified atom stereocenters. The first kappa shape index (κ1) is 22.9. The summed E-state index contributed by atoms with van der Waals surface area (Å²) in [4.78, 5) is 18.2. The number of rotatable bonds is 4. The van der Waals surface area contributed by atoms with E-state index >= 15 is 0 Å². The van der Waals surface area contributed by atoms with Crippen LogP contribution in [0, 0.1) is 0 Å². The quantitative estimate of drug-likeness (QED) is 0.385. The van der Waals surface area contributed by atoms with Crippen LogP contribution in [0.4, 0.5) is 0 Å². The number of fused-ring (bicyclic) bond motifs is 2. The van der Waals surface area contributed by atoms with Gasteiger partial charge in [-0.25, -0.2) is 10.0 Å². The van der Waals surface area contributed by atoms with E-state index in [0.29, 0.717) is 43.5 Å². The average molecular weight is 533 g/mol. The molecule has 1 aromatic heterocycles. The number of carbonyl (C=O) groups excluding carboxylic acids is 1. The van der Waals surface area contributed by atoms with Crippen LogP contribution in [-0.4, -0.2) is 16.1 Å². The van der Waals surface area contributed by atoms with Crippen molar-refractivity contribution >= 4 is 51.7 Å². The third-order valence-corrected chi connectivity index (χ3v) is 7.38. The molecule has 1 atom stereocenters. The maximum Gasteiger partial charge on any atom is 0.276 e. The normalized spacial score (nSPS) is 16.6. The first-order chi connectivity index (χ1) is 17.6. The van der Waals surface area contributed by atoms with Crippen LogP contribution in [0.15, 0.2) is 99.4 Å². The van der Waals surface area contributed by atoms with Crippen molar-refractivity contribution < 1.29 is 9.21 Å². The molecule has 0 radical (unpaired) electrons. The predicted octanol–water partition coefficient (Wildman–Crippen LogP) is 5.33. The number of nitrogens with zero attached hydrogens (tertiary/aromatic N) is 3. The van der Waals surface area contributed by atoms with E-state index in [1.807, 2.05) is 84.9 Å². The number of para-hydroxylation sites is 1. The third-order valence-electron chi connectivity index (χ3n) is 5.85. The predicted molar refractivity (Wildman–Crippen MR) is 143 cm³/mol. The Morgan fingerprint density at radius 2 is 1.72 bits per heavy atom. The fourth-order valence-electron chi connectivity index (χ4n) is 4.10. The lowest BCUT2D eigenvalue weighted by molar-refractivity contribution is -0.116. The number of carbonyl (C=O) groups is 1. The van der Waals surface area contributed by atoms with E-state index in [9.17, 15) is 4.79 Å². The zero-order valence-corrected chi connectivity index (χ0v) is 21.0. The topological polar surface area (TPSA) is 70.2 Å². The number of thioether (sulfide) groups is 1. The molecule has 0 fully saturated rings. The molecular weight excluding hydrogens is 515 g/mol. The number of halogens is 2. The van der Waals surface area contributed by atoms with E-state index in [1.165, 1.54) is 11.8 Å². The number of hydrazone groups is 1. The number of amidine groups is 1. The summed E-state index contributed by atoms with van der Waals surface area (Å²) in [6.07, 6.45) is -0.641. The van der Waals surface area contributed by atoms with Crippen molar-refractivity contribution in [3.8, 4) is 11.3 Å². The largest absolute Gasteiger partial charge is 0.457 e. The van der Waals surface area contributed by atoms with E-state index in [1.54, 1.807) is 5.01 Å². The van der Waals surface area contributed by atoms with Crippen molar-refractivity contribution in [2.45, 2.75) is 11.9 Å². The highest BCUT2D eigenvalue weighted by molar-refractivity contribution is 8.13. The Bertz CT molecular complexity index is 1630. The standard InChI is InChI=1S/C27H18Cl2N4O2S/c28-18-11-9-16(10-12-18)22-13-14-23(35-22)25-30-21-8-4-2-6-19(21)24-26(34)31-27(32-33(24)25)36-15-17-5-1-3-7-20(17)29/h1-14,25H,15H2,(H,31,32,34)/t25-/m0/s1. The van der Waals surface area contributed by atoms with Crippen molar-refractivity contribution in [2.24, 2.45) is 10.1 Å². The minimum Gasteiger partial charge on any atom is -0.457 e. The number of nitrogens with one attached hydrogen (secondary N) is 1. The zero-order valence-electron chi connectivity index (χ0n) is 18.7. The first-order valence-corrected chi connectivity index (χ1v) is 12.9. The molecule has 1 amide bonds. The summed E-state index contributed by atoms with van der Waals surface area (Å²) in [5, 5.41) is 12.6. The van der Waals surface area contributed by atoms with Crippen molar-refractivity contribution in [3.63, 3.8) is 0 Å². The van der Waals surface area contributed by atoms with E-state index in [0.717, 1.165) is 16.3 Å². The summed E-state index contributed by atoms with van der Waals surface area (Å²) < 4.78 is 6.21. The number of amides is 1. The Morgan fingerprint density at radius 1 is 0.944 bits per heavy atom. The SMILES string of the molecule is O=C1NC(SCc2ccccc2Cl)=NN2C1=c1ccccc1=N[C@@H]2c1ccc(-c2ccc(Cl)cc2)o1. The van der Waals surface area contributed by atoms with Crippen LogP contribution < -0.4 is 15.9 Å². The van der Waals surface area contributed by atoms with E-state index in [2.05, 4.69) is 5.32 Å². The highest BCUT2D eigenvalue weighted by Crippen LogP contribution is 2.34. The van der Waals surface area contributed by atoms with Gasteiger partial charge in [-0.15, -0.1) is 5.10 Å². The van der Waals surface area contributed by atoms with Crippen LogP contribution in [0.3, 0.4) is 0 Å². The fourth-order valence-corrected chi connectivity index (χ4v) is 5.36. The second-order valence-corrected chi connectivity index (χ2v) is 9.97. The van der Waals surface area contributed by atoms with Gasteiger partial charge >= 0.3 is 0 Å². The van der Waals surface area contributed by atoms with Gasteiger partial charge in [0.1, 0.15) is 11.5 Å². The molecule has 0 spiro atoms. The molecule has 0 aliphatic carbocycles. The summed E-state index contributed by atoms with van der Waals surface area (Å²) in [5.74, 6) is 1.56. The van der Waals surface area contributed by atoms with Gasteiger partial charge in [-0.05, 0) is 54.1 Å². The molecule has 0 bridgehead atoms. The molecule has 0 saturated heterocycles. The monoisotopic (exact) mass is 532 g/mol. The van der Waals surface area contributed by atoms with Crippen LogP contribution in [0.25, 0.3) is 17.0 Å². The molecule has 1 N–H and O–H groups in total. The van der Waals surface area contributed by atoms with Gasteiger partial charge in [0.2, 0.25) is 6.17 Å². The minimum atomic E-state index is -0.641. The number of benzene rings is 3. The lowest BCUT2D eigenvalue weighted by Gasteiger charge is -2.32. The summed E-state index contributed by atoms with van der Waals surface area (Å²) in [6.45, 7) is 0. The van der Waals surface area contributed by atoms with Gasteiger partial charge in [0.05, 0.1) is 5.36 Å². The van der Waals surface area contributed by atoms with Gasteiger partial charge in [0, 0.05) is 26.6 Å². The third kappa shape index (κ3) is 4.30. The average Bonchev–Trinajstić information content (AvgIpc) is 3.38. The van der Waals surface area contributed by atoms with Crippen LogP contribution in [0.1, 0.15) is 17.5 Å². The summed E-state index contributed by atoms with van der Waals surface area (Å²) in [7, 11) is 0. The van der Waals surface area contributed by atoms with Gasteiger partial charge in [-0.1, -0.05) is 71.4 Å². The summed E-state index contributed by atoms with van der Waals surface area (Å²) >= 11 is 13.7. The van der Waals surface area contributed by atoms with E-state index in [-0.39, 0.29) is 5.91 Å². The van der Waals surface area contributed by atoms with Crippen LogP contribution in [0.2, 0.25) is 10.0 Å². The van der Waals surface area contributed by atoms with Gasteiger partial charge in [0.25, 0.3) is 5.91 Å². The lowest BCUT2D eigenvalue weighted by Crippen LogP contribution is -2.50.